The largest absolute Gasteiger partial charge is 0.366 e. The number of anilines is 1. The number of hydrogen-bond acceptors (Lipinski definition) is 4. The zero-order valence-corrected chi connectivity index (χ0v) is 11.2. The monoisotopic (exact) mass is 281 g/mol. The third-order valence-electron chi connectivity index (χ3n) is 3.10. The summed E-state index contributed by atoms with van der Waals surface area (Å²) in [6.45, 7) is 0. The van der Waals surface area contributed by atoms with Crippen LogP contribution >= 0.6 is 11.6 Å². The number of pyridine rings is 1. The molecule has 1 aliphatic rings. The third-order valence-corrected chi connectivity index (χ3v) is 3.38. The van der Waals surface area contributed by atoms with Gasteiger partial charge in [-0.3, -0.25) is 10.0 Å². The molecule has 1 saturated carbocycles. The van der Waals surface area contributed by atoms with E-state index in [-0.39, 0.29) is 0 Å². The lowest BCUT2D eigenvalue weighted by Gasteiger charge is -2.13. The average Bonchev–Trinajstić information content (AvgIpc) is 2.91. The molecule has 0 spiro atoms. The summed E-state index contributed by atoms with van der Waals surface area (Å²) >= 11 is 6.15. The first-order valence-corrected chi connectivity index (χ1v) is 6.61. The van der Waals surface area contributed by atoms with Crippen molar-refractivity contribution in [1.29, 1.82) is 0 Å². The summed E-state index contributed by atoms with van der Waals surface area (Å²) in [5, 5.41) is 12.2. The minimum atomic E-state index is -0.593. The zero-order valence-electron chi connectivity index (χ0n) is 10.4. The van der Waals surface area contributed by atoms with Crippen LogP contribution in [0.3, 0.4) is 0 Å². The normalized spacial score (nSPS) is 15.9. The van der Waals surface area contributed by atoms with Crippen LogP contribution in [0, 0.1) is 0 Å². The van der Waals surface area contributed by atoms with Gasteiger partial charge in [0.05, 0.1) is 5.02 Å². The molecule has 6 heteroatoms. The summed E-state index contributed by atoms with van der Waals surface area (Å²) in [7, 11) is 0. The first kappa shape index (κ1) is 13.8. The van der Waals surface area contributed by atoms with Gasteiger partial charge < -0.3 is 5.32 Å². The van der Waals surface area contributed by atoms with Crippen LogP contribution in [-0.2, 0) is 4.79 Å². The zero-order chi connectivity index (χ0) is 13.7. The van der Waals surface area contributed by atoms with Gasteiger partial charge in [0.1, 0.15) is 5.82 Å². The Labute approximate surface area is 116 Å². The second kappa shape index (κ2) is 6.54. The van der Waals surface area contributed by atoms with Crippen molar-refractivity contribution in [3.63, 3.8) is 0 Å². The average molecular weight is 282 g/mol. The van der Waals surface area contributed by atoms with Crippen LogP contribution in [0.1, 0.15) is 31.2 Å². The van der Waals surface area contributed by atoms with Gasteiger partial charge in [-0.2, -0.15) is 0 Å². The number of carbonyl (C=O) groups excluding carboxylic acids is 1. The number of nitrogens with zero attached hydrogens (tertiary/aromatic N) is 1. The van der Waals surface area contributed by atoms with Crippen molar-refractivity contribution < 1.29 is 10.0 Å². The van der Waals surface area contributed by atoms with Crippen molar-refractivity contribution in [2.45, 2.75) is 31.7 Å². The van der Waals surface area contributed by atoms with Crippen molar-refractivity contribution in [2.75, 3.05) is 5.32 Å². The minimum absolute atomic E-state index is 0.451. The molecular weight excluding hydrogens is 266 g/mol. The highest BCUT2D eigenvalue weighted by Gasteiger charge is 2.16. The van der Waals surface area contributed by atoms with E-state index in [9.17, 15) is 4.79 Å². The molecule has 0 atom stereocenters. The highest BCUT2D eigenvalue weighted by atomic mass is 35.5. The van der Waals surface area contributed by atoms with Crippen LogP contribution in [0.4, 0.5) is 5.82 Å². The van der Waals surface area contributed by atoms with Gasteiger partial charge in [0.25, 0.3) is 5.91 Å². The molecule has 0 unspecified atom stereocenters. The third kappa shape index (κ3) is 3.94. The number of rotatable bonds is 4. The Kier molecular flexibility index (Phi) is 4.76. The van der Waals surface area contributed by atoms with E-state index in [1.807, 2.05) is 0 Å². The number of hydrogen-bond donors (Lipinski definition) is 3. The molecule has 1 amide bonds. The SMILES string of the molecule is O=C(C=Cc1cnc(NC2CCCC2)c(Cl)c1)NO. The molecule has 5 nitrogen and oxygen atoms in total. The minimum Gasteiger partial charge on any atom is -0.366 e. The second-order valence-electron chi connectivity index (χ2n) is 4.53. The molecule has 1 aromatic rings. The lowest BCUT2D eigenvalue weighted by molar-refractivity contribution is -0.124. The van der Waals surface area contributed by atoms with Gasteiger partial charge in [-0.15, -0.1) is 0 Å². The van der Waals surface area contributed by atoms with Gasteiger partial charge in [0, 0.05) is 18.3 Å². The number of halogens is 1. The standard InChI is InChI=1S/C13H16ClN3O2/c14-11-7-9(5-6-12(18)17-19)8-15-13(11)16-10-3-1-2-4-10/h5-8,10,19H,1-4H2,(H,15,16)(H,17,18). The molecule has 1 fully saturated rings. The molecule has 19 heavy (non-hydrogen) atoms. The molecule has 0 radical (unpaired) electrons. The van der Waals surface area contributed by atoms with Crippen molar-refractivity contribution in [3.05, 3.63) is 28.9 Å². The lowest BCUT2D eigenvalue weighted by Crippen LogP contribution is -2.16. The topological polar surface area (TPSA) is 74.2 Å². The maximum Gasteiger partial charge on any atom is 0.267 e. The fraction of sp³-hybridized carbons (Fsp3) is 0.385. The lowest BCUT2D eigenvalue weighted by atomic mass is 10.2. The summed E-state index contributed by atoms with van der Waals surface area (Å²) < 4.78 is 0. The van der Waals surface area contributed by atoms with Gasteiger partial charge in [-0.05, 0) is 30.5 Å². The van der Waals surface area contributed by atoms with Gasteiger partial charge >= 0.3 is 0 Å². The van der Waals surface area contributed by atoms with Crippen LogP contribution in [0.2, 0.25) is 5.02 Å². The number of carbonyl (C=O) groups is 1. The molecule has 0 saturated heterocycles. The van der Waals surface area contributed by atoms with E-state index in [0.717, 1.165) is 12.8 Å². The molecule has 1 heterocycles. The molecular formula is C13H16ClN3O2. The maximum atomic E-state index is 10.9. The Bertz CT molecular complexity index is 485. The van der Waals surface area contributed by atoms with Gasteiger partial charge in [0.15, 0.2) is 0 Å². The predicted molar refractivity (Wildman–Crippen MR) is 74.1 cm³/mol. The highest BCUT2D eigenvalue weighted by molar-refractivity contribution is 6.33. The summed E-state index contributed by atoms with van der Waals surface area (Å²) in [6.07, 6.45) is 9.15. The van der Waals surface area contributed by atoms with Crippen LogP contribution in [0.5, 0.6) is 0 Å². The molecule has 0 aliphatic heterocycles. The number of hydroxylamine groups is 1. The van der Waals surface area contributed by atoms with Gasteiger partial charge in [0.2, 0.25) is 0 Å². The Morgan fingerprint density at radius 2 is 2.21 bits per heavy atom. The van der Waals surface area contributed by atoms with Crippen LogP contribution < -0.4 is 10.8 Å². The number of amides is 1. The summed E-state index contributed by atoms with van der Waals surface area (Å²) in [5.74, 6) is 0.0848. The maximum absolute atomic E-state index is 10.9. The van der Waals surface area contributed by atoms with Gasteiger partial charge in [-0.1, -0.05) is 24.4 Å². The second-order valence-corrected chi connectivity index (χ2v) is 4.94. The molecule has 0 aromatic carbocycles. The quantitative estimate of drug-likeness (QED) is 0.450. The Morgan fingerprint density at radius 3 is 2.84 bits per heavy atom. The fourth-order valence-electron chi connectivity index (χ4n) is 2.12. The van der Waals surface area contributed by atoms with E-state index in [1.165, 1.54) is 30.5 Å². The van der Waals surface area contributed by atoms with E-state index in [1.54, 1.807) is 12.3 Å². The first-order chi connectivity index (χ1) is 9.19. The first-order valence-electron chi connectivity index (χ1n) is 6.23. The van der Waals surface area contributed by atoms with E-state index < -0.39 is 5.91 Å². The van der Waals surface area contributed by atoms with Crippen LogP contribution in [-0.4, -0.2) is 22.1 Å². The van der Waals surface area contributed by atoms with Crippen molar-refractivity contribution >= 4 is 29.4 Å². The Morgan fingerprint density at radius 1 is 1.47 bits per heavy atom. The highest BCUT2D eigenvalue weighted by Crippen LogP contribution is 2.26. The van der Waals surface area contributed by atoms with Crippen molar-refractivity contribution in [2.24, 2.45) is 0 Å². The Balaban J connectivity index is 2.03. The van der Waals surface area contributed by atoms with Crippen LogP contribution in [0.15, 0.2) is 18.3 Å². The predicted octanol–water partition coefficient (Wildman–Crippen LogP) is 2.61. The van der Waals surface area contributed by atoms with Crippen LogP contribution in [0.25, 0.3) is 6.08 Å². The number of nitrogens with one attached hydrogen (secondary N) is 2. The van der Waals surface area contributed by atoms with E-state index in [4.69, 9.17) is 16.8 Å². The smallest absolute Gasteiger partial charge is 0.267 e. The summed E-state index contributed by atoms with van der Waals surface area (Å²) in [6, 6.07) is 2.18. The molecule has 0 bridgehead atoms. The fourth-order valence-corrected chi connectivity index (χ4v) is 2.35. The van der Waals surface area contributed by atoms with Crippen molar-refractivity contribution in [3.8, 4) is 0 Å². The summed E-state index contributed by atoms with van der Waals surface area (Å²) in [4.78, 5) is 15.1. The summed E-state index contributed by atoms with van der Waals surface area (Å²) in [5.41, 5.74) is 2.22. The van der Waals surface area contributed by atoms with E-state index in [0.29, 0.717) is 22.4 Å². The van der Waals surface area contributed by atoms with Crippen molar-refractivity contribution in [1.82, 2.24) is 10.5 Å². The Hall–Kier alpha value is -1.59. The molecule has 2 rings (SSSR count). The van der Waals surface area contributed by atoms with Gasteiger partial charge in [-0.25, -0.2) is 10.5 Å². The molecule has 1 aromatic heterocycles. The molecule has 1 aliphatic carbocycles. The molecule has 3 N–H and O–H groups in total. The number of aromatic nitrogens is 1. The molecule has 102 valence electrons. The van der Waals surface area contributed by atoms with E-state index >= 15 is 0 Å². The van der Waals surface area contributed by atoms with E-state index in [2.05, 4.69) is 10.3 Å².